The Morgan fingerprint density at radius 2 is 1.62 bits per heavy atom. The quantitative estimate of drug-likeness (QED) is 0.585. The standard InChI is InChI=1S/C17H14F2O3.2Ca/c1-10(17(21)22)8-16(20)12-4-2-11(3-5-12)14-7-6-13(18)9-15(14)19;;/h2-7,9-10H,8H2,1H3,(H,21,22);;/p-1. The molecule has 0 spiro atoms. The predicted octanol–water partition coefficient (Wildman–Crippen LogP) is 1.83. The molecule has 1 unspecified atom stereocenters. The largest absolute Gasteiger partial charge is 0.550 e. The Hall–Kier alpha value is -0.0405. The van der Waals surface area contributed by atoms with E-state index in [-0.39, 0.29) is 93.2 Å². The molecule has 0 aliphatic carbocycles. The molecule has 0 N–H and O–H groups in total. The van der Waals surface area contributed by atoms with Gasteiger partial charge >= 0.3 is 0 Å². The summed E-state index contributed by atoms with van der Waals surface area (Å²) in [5.74, 6) is -3.84. The van der Waals surface area contributed by atoms with Crippen molar-refractivity contribution in [3.63, 3.8) is 0 Å². The topological polar surface area (TPSA) is 57.2 Å². The average Bonchev–Trinajstić information content (AvgIpc) is 2.47. The molecule has 0 aliphatic rings. The minimum Gasteiger partial charge on any atom is -0.550 e. The number of ketones is 1. The fraction of sp³-hybridized carbons (Fsp3) is 0.176. The Morgan fingerprint density at radius 1 is 1.04 bits per heavy atom. The van der Waals surface area contributed by atoms with Crippen LogP contribution >= 0.6 is 0 Å². The molecule has 3 nitrogen and oxygen atoms in total. The van der Waals surface area contributed by atoms with Gasteiger partial charge in [-0.2, -0.15) is 0 Å². The van der Waals surface area contributed by atoms with Gasteiger partial charge in [0.15, 0.2) is 5.78 Å². The number of rotatable bonds is 5. The zero-order chi connectivity index (χ0) is 16.3. The molecule has 24 heavy (non-hydrogen) atoms. The number of hydrogen-bond donors (Lipinski definition) is 0. The van der Waals surface area contributed by atoms with Crippen LogP contribution in [0.5, 0.6) is 0 Å². The molecule has 0 heterocycles. The summed E-state index contributed by atoms with van der Waals surface area (Å²) in [6.07, 6.45) is -0.160. The Labute approximate surface area is 198 Å². The summed E-state index contributed by atoms with van der Waals surface area (Å²) >= 11 is 0. The van der Waals surface area contributed by atoms with E-state index in [9.17, 15) is 23.5 Å². The van der Waals surface area contributed by atoms with Crippen LogP contribution in [0.2, 0.25) is 0 Å². The predicted molar refractivity (Wildman–Crippen MR) is 86.4 cm³/mol. The van der Waals surface area contributed by atoms with Crippen molar-refractivity contribution >= 4 is 87.2 Å². The van der Waals surface area contributed by atoms with Crippen LogP contribution in [0.4, 0.5) is 8.78 Å². The first kappa shape index (κ1) is 24.0. The van der Waals surface area contributed by atoms with Crippen LogP contribution in [-0.4, -0.2) is 87.2 Å². The second-order valence-corrected chi connectivity index (χ2v) is 5.05. The van der Waals surface area contributed by atoms with Gasteiger partial charge in [0.2, 0.25) is 0 Å². The van der Waals surface area contributed by atoms with Crippen LogP contribution in [0.15, 0.2) is 42.5 Å². The van der Waals surface area contributed by atoms with Crippen molar-refractivity contribution in [2.24, 2.45) is 5.92 Å². The van der Waals surface area contributed by atoms with Crippen molar-refractivity contribution in [3.05, 3.63) is 59.7 Å². The molecular formula is C17H13Ca2F2O3-. The number of Topliss-reactive ketones (excluding diaryl/α,β-unsaturated/α-hetero) is 1. The molecule has 0 amide bonds. The molecule has 4 radical (unpaired) electrons. The third-order valence-corrected chi connectivity index (χ3v) is 3.34. The molecule has 1 atom stereocenters. The van der Waals surface area contributed by atoms with Gasteiger partial charge < -0.3 is 9.90 Å². The number of halogens is 2. The first-order valence-electron chi connectivity index (χ1n) is 6.68. The van der Waals surface area contributed by atoms with Gasteiger partial charge in [-0.1, -0.05) is 31.2 Å². The van der Waals surface area contributed by atoms with E-state index < -0.39 is 23.5 Å². The SMILES string of the molecule is CC(CC(=O)c1ccc(-c2ccc(F)cc2F)cc1)C(=O)[O-].[Ca].[Ca]. The van der Waals surface area contributed by atoms with Gasteiger partial charge in [-0.25, -0.2) is 8.78 Å². The van der Waals surface area contributed by atoms with Crippen LogP contribution in [0.1, 0.15) is 23.7 Å². The summed E-state index contributed by atoms with van der Waals surface area (Å²) in [6, 6.07) is 9.31. The summed E-state index contributed by atoms with van der Waals surface area (Å²) in [4.78, 5) is 22.5. The molecule has 0 fully saturated rings. The van der Waals surface area contributed by atoms with Crippen molar-refractivity contribution in [3.8, 4) is 11.1 Å². The maximum Gasteiger partial charge on any atom is 0.163 e. The van der Waals surface area contributed by atoms with E-state index in [2.05, 4.69) is 0 Å². The minimum atomic E-state index is -1.28. The molecule has 118 valence electrons. The number of hydrogen-bond acceptors (Lipinski definition) is 3. The maximum absolute atomic E-state index is 13.7. The van der Waals surface area contributed by atoms with Crippen LogP contribution in [-0.2, 0) is 4.79 Å². The maximum atomic E-state index is 13.7. The van der Waals surface area contributed by atoms with Crippen LogP contribution in [0.25, 0.3) is 11.1 Å². The Morgan fingerprint density at radius 3 is 2.12 bits per heavy atom. The molecule has 0 aromatic heterocycles. The van der Waals surface area contributed by atoms with Crippen LogP contribution < -0.4 is 5.11 Å². The molecule has 0 aliphatic heterocycles. The summed E-state index contributed by atoms with van der Waals surface area (Å²) in [7, 11) is 0. The minimum absolute atomic E-state index is 0. The molecule has 7 heteroatoms. The first-order chi connectivity index (χ1) is 10.4. The smallest absolute Gasteiger partial charge is 0.163 e. The zero-order valence-corrected chi connectivity index (χ0v) is 17.6. The number of carboxylic acid groups (broad SMARTS) is 1. The van der Waals surface area contributed by atoms with E-state index in [1.54, 1.807) is 0 Å². The third kappa shape index (κ3) is 6.36. The summed E-state index contributed by atoms with van der Waals surface area (Å²) in [6.45, 7) is 1.40. The van der Waals surface area contributed by atoms with Crippen molar-refractivity contribution in [2.75, 3.05) is 0 Å². The van der Waals surface area contributed by atoms with Gasteiger partial charge in [-0.05, 0) is 17.7 Å². The normalized spacial score (nSPS) is 11.0. The molecule has 0 saturated carbocycles. The van der Waals surface area contributed by atoms with Crippen molar-refractivity contribution in [1.82, 2.24) is 0 Å². The first-order valence-corrected chi connectivity index (χ1v) is 6.68. The van der Waals surface area contributed by atoms with E-state index in [1.807, 2.05) is 0 Å². The van der Waals surface area contributed by atoms with Gasteiger partial charge in [0.25, 0.3) is 0 Å². The van der Waals surface area contributed by atoms with Gasteiger partial charge in [-0.15, -0.1) is 0 Å². The number of aliphatic carboxylic acids is 1. The van der Waals surface area contributed by atoms with E-state index in [0.29, 0.717) is 11.1 Å². The van der Waals surface area contributed by atoms with E-state index in [0.717, 1.165) is 12.1 Å². The summed E-state index contributed by atoms with van der Waals surface area (Å²) < 4.78 is 26.6. The van der Waals surface area contributed by atoms with E-state index in [1.165, 1.54) is 37.3 Å². The fourth-order valence-electron chi connectivity index (χ4n) is 2.04. The Balaban J connectivity index is 0.00000264. The third-order valence-electron chi connectivity index (χ3n) is 3.34. The number of carboxylic acids is 1. The molecule has 0 saturated heterocycles. The van der Waals surface area contributed by atoms with Gasteiger partial charge in [-0.3, -0.25) is 4.79 Å². The van der Waals surface area contributed by atoms with Crippen molar-refractivity contribution in [1.29, 1.82) is 0 Å². The van der Waals surface area contributed by atoms with E-state index >= 15 is 0 Å². The van der Waals surface area contributed by atoms with Crippen LogP contribution in [0, 0.1) is 17.6 Å². The van der Waals surface area contributed by atoms with Gasteiger partial charge in [0.05, 0.1) is 0 Å². The summed E-state index contributed by atoms with van der Waals surface area (Å²) in [5, 5.41) is 10.6. The monoisotopic (exact) mass is 383 g/mol. The molecule has 0 bridgehead atoms. The summed E-state index contributed by atoms with van der Waals surface area (Å²) in [5.41, 5.74) is 1.06. The van der Waals surface area contributed by atoms with Crippen molar-refractivity contribution in [2.45, 2.75) is 13.3 Å². The number of benzene rings is 2. The zero-order valence-electron chi connectivity index (χ0n) is 13.2. The second kappa shape index (κ2) is 10.8. The fourth-order valence-corrected chi connectivity index (χ4v) is 2.04. The average molecular weight is 383 g/mol. The van der Waals surface area contributed by atoms with E-state index in [4.69, 9.17) is 0 Å². The van der Waals surface area contributed by atoms with Gasteiger partial charge in [0, 0.05) is 111 Å². The van der Waals surface area contributed by atoms with Gasteiger partial charge in [0.1, 0.15) is 11.6 Å². The van der Waals surface area contributed by atoms with Crippen molar-refractivity contribution < 1.29 is 23.5 Å². The number of carbonyl (C=O) groups is 2. The molecule has 2 aromatic carbocycles. The van der Waals surface area contributed by atoms with Crippen LogP contribution in [0.3, 0.4) is 0 Å². The molecule has 2 rings (SSSR count). The second-order valence-electron chi connectivity index (χ2n) is 5.05. The number of carbonyl (C=O) groups excluding carboxylic acids is 2. The Bertz CT molecular complexity index is 718. The Kier molecular flexibility index (Phi) is 10.8. The molecule has 2 aromatic rings. The molecular weight excluding hydrogens is 370 g/mol.